The van der Waals surface area contributed by atoms with Crippen molar-refractivity contribution in [3.63, 3.8) is 0 Å². The molecular formula is C24H27F2N5OS4. The van der Waals surface area contributed by atoms with Gasteiger partial charge in [-0.05, 0) is 48.1 Å². The van der Waals surface area contributed by atoms with E-state index < -0.39 is 14.9 Å². The number of aromatic hydroxyl groups is 1. The third-order valence-corrected chi connectivity index (χ3v) is 7.92. The molecule has 6 nitrogen and oxygen atoms in total. The number of nitrogens with zero attached hydrogens (tertiary/aromatic N) is 5. The lowest BCUT2D eigenvalue weighted by Crippen LogP contribution is -2.45. The van der Waals surface area contributed by atoms with Crippen LogP contribution < -0.4 is 4.90 Å². The van der Waals surface area contributed by atoms with Crippen molar-refractivity contribution in [2.45, 2.75) is 52.6 Å². The van der Waals surface area contributed by atoms with E-state index in [1.807, 2.05) is 18.9 Å². The number of hydrogen-bond acceptors (Lipinski definition) is 10. The second kappa shape index (κ2) is 11.3. The summed E-state index contributed by atoms with van der Waals surface area (Å²) in [4.78, 5) is 10.0. The van der Waals surface area contributed by atoms with Crippen molar-refractivity contribution in [2.75, 3.05) is 11.9 Å². The first-order valence-corrected chi connectivity index (χ1v) is 13.7. The van der Waals surface area contributed by atoms with Gasteiger partial charge in [0, 0.05) is 13.1 Å². The molecule has 0 bridgehead atoms. The van der Waals surface area contributed by atoms with Gasteiger partial charge in [-0.3, -0.25) is 0 Å². The maximum atomic E-state index is 15.0. The number of aromatic nitrogens is 4. The number of thioether (sulfide) groups is 1. The summed E-state index contributed by atoms with van der Waals surface area (Å²) >= 11 is 13.7. The second-order valence-electron chi connectivity index (χ2n) is 8.79. The average Bonchev–Trinajstić information content (AvgIpc) is 2.82. The molecule has 1 fully saturated rings. The second-order valence-corrected chi connectivity index (χ2v) is 14.0. The van der Waals surface area contributed by atoms with Gasteiger partial charge in [0.05, 0.1) is 17.8 Å². The standard InChI is InChI=1S/C24H27F2N5OS4/c1-3-13-5-4-6-17(22(13)26)31(2)20-12-27-23(30-29-20)16-8-7-14(9-18(16)32)15-10-19(25)28-21(11-15)36-24(33,34)35/h7-13,17,22,32-35H,3-6H2,1-2H3/t13-,17+,22-/m1/s1. The van der Waals surface area contributed by atoms with Crippen molar-refractivity contribution < 1.29 is 13.9 Å². The van der Waals surface area contributed by atoms with E-state index in [2.05, 4.69) is 58.1 Å². The van der Waals surface area contributed by atoms with Crippen LogP contribution in [0.3, 0.4) is 0 Å². The van der Waals surface area contributed by atoms with Crippen LogP contribution in [0, 0.1) is 11.9 Å². The van der Waals surface area contributed by atoms with Gasteiger partial charge in [0.2, 0.25) is 5.95 Å². The molecule has 192 valence electrons. The topological polar surface area (TPSA) is 75.0 Å². The summed E-state index contributed by atoms with van der Waals surface area (Å²) in [7, 11) is 1.81. The fourth-order valence-electron chi connectivity index (χ4n) is 4.51. The summed E-state index contributed by atoms with van der Waals surface area (Å²) in [5.74, 6) is -0.00322. The third-order valence-electron chi connectivity index (χ3n) is 6.41. The summed E-state index contributed by atoms with van der Waals surface area (Å²) < 4.78 is 28.1. The molecule has 0 spiro atoms. The van der Waals surface area contributed by atoms with Crippen molar-refractivity contribution in [3.8, 4) is 28.3 Å². The quantitative estimate of drug-likeness (QED) is 0.116. The predicted molar refractivity (Wildman–Crippen MR) is 150 cm³/mol. The van der Waals surface area contributed by atoms with Crippen LogP contribution in [-0.4, -0.2) is 47.3 Å². The number of anilines is 1. The summed E-state index contributed by atoms with van der Waals surface area (Å²) in [6, 6.07) is 7.52. The normalized spacial score (nSPS) is 20.4. The molecule has 1 aliphatic carbocycles. The smallest absolute Gasteiger partial charge is 0.214 e. The van der Waals surface area contributed by atoms with Crippen LogP contribution in [0.25, 0.3) is 22.5 Å². The van der Waals surface area contributed by atoms with Gasteiger partial charge in [0.1, 0.15) is 16.9 Å². The number of halogens is 2. The zero-order valence-corrected chi connectivity index (χ0v) is 23.2. The fourth-order valence-corrected chi connectivity index (χ4v) is 5.96. The van der Waals surface area contributed by atoms with Gasteiger partial charge in [0.25, 0.3) is 0 Å². The molecule has 0 aliphatic heterocycles. The van der Waals surface area contributed by atoms with E-state index in [-0.39, 0.29) is 23.5 Å². The minimum Gasteiger partial charge on any atom is -0.507 e. The lowest BCUT2D eigenvalue weighted by atomic mass is 9.82. The van der Waals surface area contributed by atoms with Crippen LogP contribution in [0.2, 0.25) is 0 Å². The van der Waals surface area contributed by atoms with Gasteiger partial charge >= 0.3 is 0 Å². The molecule has 2 aromatic heterocycles. The van der Waals surface area contributed by atoms with Crippen LogP contribution in [0.5, 0.6) is 5.75 Å². The van der Waals surface area contributed by atoms with Gasteiger partial charge in [0.15, 0.2) is 14.4 Å². The van der Waals surface area contributed by atoms with Crippen LogP contribution in [-0.2, 0) is 0 Å². The fraction of sp³-hybridized carbons (Fsp3) is 0.417. The molecule has 36 heavy (non-hydrogen) atoms. The minimum absolute atomic E-state index is 0.0571. The van der Waals surface area contributed by atoms with E-state index in [4.69, 9.17) is 0 Å². The first kappa shape index (κ1) is 27.3. The zero-order chi connectivity index (χ0) is 26.0. The van der Waals surface area contributed by atoms with Crippen LogP contribution in [0.4, 0.5) is 14.6 Å². The largest absolute Gasteiger partial charge is 0.507 e. The molecule has 1 aromatic carbocycles. The molecule has 0 unspecified atom stereocenters. The molecule has 4 rings (SSSR count). The van der Waals surface area contributed by atoms with E-state index in [9.17, 15) is 13.9 Å². The molecule has 3 atom stereocenters. The average molecular weight is 568 g/mol. The van der Waals surface area contributed by atoms with Gasteiger partial charge in [-0.25, -0.2) is 14.4 Å². The highest BCUT2D eigenvalue weighted by molar-refractivity contribution is 8.36. The molecule has 1 N–H and O–H groups in total. The molecule has 0 radical (unpaired) electrons. The van der Waals surface area contributed by atoms with Gasteiger partial charge in [-0.2, -0.15) is 4.39 Å². The summed E-state index contributed by atoms with van der Waals surface area (Å²) in [6.07, 6.45) is 4.08. The Kier molecular flexibility index (Phi) is 8.58. The maximum Gasteiger partial charge on any atom is 0.214 e. The Labute approximate surface area is 230 Å². The monoisotopic (exact) mass is 567 g/mol. The Hall–Kier alpha value is -1.76. The van der Waals surface area contributed by atoms with Crippen molar-refractivity contribution in [2.24, 2.45) is 5.92 Å². The van der Waals surface area contributed by atoms with Gasteiger partial charge < -0.3 is 10.0 Å². The van der Waals surface area contributed by atoms with Crippen molar-refractivity contribution in [1.82, 2.24) is 20.2 Å². The van der Waals surface area contributed by atoms with Gasteiger partial charge in [-0.1, -0.05) is 37.6 Å². The van der Waals surface area contributed by atoms with Gasteiger partial charge in [-0.15, -0.1) is 48.1 Å². The highest BCUT2D eigenvalue weighted by Gasteiger charge is 2.35. The summed E-state index contributed by atoms with van der Waals surface area (Å²) in [5, 5.41) is 19.5. The Bertz CT molecular complexity index is 1210. The molecule has 0 amide bonds. The van der Waals surface area contributed by atoms with Crippen LogP contribution in [0.1, 0.15) is 32.6 Å². The van der Waals surface area contributed by atoms with Crippen molar-refractivity contribution in [1.29, 1.82) is 0 Å². The Morgan fingerprint density at radius 2 is 1.92 bits per heavy atom. The first-order valence-electron chi connectivity index (χ1n) is 11.5. The zero-order valence-electron chi connectivity index (χ0n) is 19.7. The number of pyridine rings is 1. The highest BCUT2D eigenvalue weighted by Crippen LogP contribution is 2.43. The molecular weight excluding hydrogens is 541 g/mol. The van der Waals surface area contributed by atoms with E-state index in [0.717, 1.165) is 37.4 Å². The van der Waals surface area contributed by atoms with E-state index in [0.29, 0.717) is 27.5 Å². The first-order chi connectivity index (χ1) is 17.1. The van der Waals surface area contributed by atoms with Crippen molar-refractivity contribution >= 4 is 55.5 Å². The third kappa shape index (κ3) is 6.38. The highest BCUT2D eigenvalue weighted by atomic mass is 32.3. The van der Waals surface area contributed by atoms with E-state index in [1.54, 1.807) is 24.4 Å². The Morgan fingerprint density at radius 1 is 1.14 bits per heavy atom. The van der Waals surface area contributed by atoms with Crippen molar-refractivity contribution in [3.05, 3.63) is 42.5 Å². The SMILES string of the molecule is CC[C@@H]1CCC[C@H](N(C)c2cnc(-c3ccc(-c4cc(F)nc(SC(S)(S)S)c4)cc3O)nn2)[C@@H]1F. The Morgan fingerprint density at radius 3 is 2.56 bits per heavy atom. The Balaban J connectivity index is 1.54. The number of rotatable bonds is 7. The number of benzene rings is 1. The van der Waals surface area contributed by atoms with E-state index in [1.165, 1.54) is 12.1 Å². The number of alkyl halides is 1. The lowest BCUT2D eigenvalue weighted by molar-refractivity contribution is 0.134. The summed E-state index contributed by atoms with van der Waals surface area (Å²) in [6.45, 7) is 2.02. The van der Waals surface area contributed by atoms with Crippen LogP contribution in [0.15, 0.2) is 41.6 Å². The molecule has 3 aromatic rings. The number of phenolic OH excluding ortho intramolecular Hbond substituents is 1. The number of thiol groups is 3. The number of hydrogen-bond donors (Lipinski definition) is 4. The molecule has 1 aliphatic rings. The summed E-state index contributed by atoms with van der Waals surface area (Å²) in [5.41, 5.74) is 1.46. The van der Waals surface area contributed by atoms with E-state index >= 15 is 0 Å². The molecule has 1 saturated carbocycles. The molecule has 12 heteroatoms. The number of phenols is 1. The maximum absolute atomic E-state index is 15.0. The van der Waals surface area contributed by atoms with Crippen LogP contribution >= 0.6 is 49.6 Å². The molecule has 0 saturated heterocycles. The predicted octanol–water partition coefficient (Wildman–Crippen LogP) is 6.29. The molecule has 2 heterocycles. The lowest BCUT2D eigenvalue weighted by Gasteiger charge is -2.38. The minimum atomic E-state index is -1.03.